The number of esters is 1. The lowest BCUT2D eigenvalue weighted by molar-refractivity contribution is -0.384. The van der Waals surface area contributed by atoms with E-state index in [2.05, 4.69) is 5.32 Å². The molecule has 2 aromatic rings. The number of alkyl halides is 3. The minimum Gasteiger partial charge on any atom is -0.466 e. The number of non-ortho nitro benzene ring substituents is 1. The second-order valence-corrected chi connectivity index (χ2v) is 7.38. The van der Waals surface area contributed by atoms with Crippen LogP contribution in [0.25, 0.3) is 0 Å². The van der Waals surface area contributed by atoms with Crippen molar-refractivity contribution in [1.82, 2.24) is 5.32 Å². The Balaban J connectivity index is 2.33. The first-order chi connectivity index (χ1) is 16.3. The van der Waals surface area contributed by atoms with E-state index < -0.39 is 58.9 Å². The first-order valence-corrected chi connectivity index (χ1v) is 10.2. The maximum atomic E-state index is 12.8. The van der Waals surface area contributed by atoms with Gasteiger partial charge in [-0.2, -0.15) is 13.2 Å². The molecular weight excluding hydrogens is 475 g/mol. The van der Waals surface area contributed by atoms with Crippen LogP contribution in [-0.4, -0.2) is 40.5 Å². The van der Waals surface area contributed by atoms with Crippen molar-refractivity contribution in [2.24, 2.45) is 5.73 Å². The lowest BCUT2D eigenvalue weighted by Gasteiger charge is -2.26. The number of amides is 2. The van der Waals surface area contributed by atoms with Crippen LogP contribution in [0.1, 0.15) is 42.1 Å². The van der Waals surface area contributed by atoms with E-state index in [1.807, 2.05) is 0 Å². The van der Waals surface area contributed by atoms with Crippen molar-refractivity contribution >= 4 is 23.5 Å². The van der Waals surface area contributed by atoms with Gasteiger partial charge in [-0.3, -0.25) is 24.5 Å². The molecule has 0 bridgehead atoms. The number of nitro groups is 1. The van der Waals surface area contributed by atoms with Gasteiger partial charge in [-0.15, -0.1) is 0 Å². The molecule has 0 aliphatic carbocycles. The normalized spacial score (nSPS) is 13.9. The van der Waals surface area contributed by atoms with Gasteiger partial charge in [0.1, 0.15) is 6.04 Å². The number of carbonyl (C=O) groups is 3. The van der Waals surface area contributed by atoms with Gasteiger partial charge in [0.15, 0.2) is 6.10 Å². The molecule has 10 nitrogen and oxygen atoms in total. The van der Waals surface area contributed by atoms with Crippen LogP contribution >= 0.6 is 0 Å². The number of hydrogen-bond donors (Lipinski definition) is 3. The van der Waals surface area contributed by atoms with Gasteiger partial charge in [-0.25, -0.2) is 0 Å². The van der Waals surface area contributed by atoms with Gasteiger partial charge in [0.05, 0.1) is 23.5 Å². The van der Waals surface area contributed by atoms with E-state index in [9.17, 15) is 42.8 Å². The number of nitrogens with two attached hydrogens (primary N) is 1. The van der Waals surface area contributed by atoms with Crippen LogP contribution in [0.4, 0.5) is 18.9 Å². The number of rotatable bonds is 10. The molecule has 188 valence electrons. The van der Waals surface area contributed by atoms with Crippen molar-refractivity contribution in [2.45, 2.75) is 37.6 Å². The van der Waals surface area contributed by atoms with Crippen LogP contribution in [0.3, 0.4) is 0 Å². The fourth-order valence-corrected chi connectivity index (χ4v) is 3.28. The zero-order valence-electron chi connectivity index (χ0n) is 18.3. The number of nitrogens with one attached hydrogen (secondary N) is 1. The topological polar surface area (TPSA) is 162 Å². The van der Waals surface area contributed by atoms with Crippen LogP contribution in [-0.2, 0) is 25.3 Å². The Morgan fingerprint density at radius 3 is 2.09 bits per heavy atom. The highest BCUT2D eigenvalue weighted by atomic mass is 19.4. The van der Waals surface area contributed by atoms with Gasteiger partial charge >= 0.3 is 12.1 Å². The molecule has 2 amide bonds. The van der Waals surface area contributed by atoms with E-state index in [0.29, 0.717) is 12.1 Å². The minimum atomic E-state index is -4.62. The zero-order chi connectivity index (χ0) is 26.3. The second kappa shape index (κ2) is 11.4. The maximum Gasteiger partial charge on any atom is 0.416 e. The molecule has 3 atom stereocenters. The number of nitro benzene ring substituents is 1. The van der Waals surface area contributed by atoms with Crippen LogP contribution in [0, 0.1) is 10.1 Å². The summed E-state index contributed by atoms with van der Waals surface area (Å²) >= 11 is 0. The summed E-state index contributed by atoms with van der Waals surface area (Å²) in [4.78, 5) is 47.3. The van der Waals surface area contributed by atoms with E-state index in [-0.39, 0.29) is 23.4 Å². The first-order valence-electron chi connectivity index (χ1n) is 10.2. The Hall–Kier alpha value is -4.00. The average Bonchev–Trinajstić information content (AvgIpc) is 2.80. The Labute approximate surface area is 197 Å². The smallest absolute Gasteiger partial charge is 0.416 e. The predicted octanol–water partition coefficient (Wildman–Crippen LogP) is 2.35. The van der Waals surface area contributed by atoms with Gasteiger partial charge < -0.3 is 20.9 Å². The summed E-state index contributed by atoms with van der Waals surface area (Å²) in [6.45, 7) is 1.57. The van der Waals surface area contributed by atoms with E-state index in [4.69, 9.17) is 10.5 Å². The van der Waals surface area contributed by atoms with E-state index >= 15 is 0 Å². The Morgan fingerprint density at radius 1 is 1.09 bits per heavy atom. The third kappa shape index (κ3) is 7.24. The largest absolute Gasteiger partial charge is 0.466 e. The molecule has 2 aromatic carbocycles. The van der Waals surface area contributed by atoms with Gasteiger partial charge in [-0.05, 0) is 30.2 Å². The fraction of sp³-hybridized carbons (Fsp3) is 0.318. The number of ether oxygens (including phenoxy) is 1. The van der Waals surface area contributed by atoms with Gasteiger partial charge in [0.25, 0.3) is 11.6 Å². The highest BCUT2D eigenvalue weighted by Gasteiger charge is 2.34. The van der Waals surface area contributed by atoms with Gasteiger partial charge in [0, 0.05) is 18.1 Å². The lowest BCUT2D eigenvalue weighted by atomic mass is 9.87. The van der Waals surface area contributed by atoms with Crippen molar-refractivity contribution in [3.05, 3.63) is 75.3 Å². The molecule has 0 saturated heterocycles. The van der Waals surface area contributed by atoms with Crippen LogP contribution in [0.2, 0.25) is 0 Å². The molecule has 0 heterocycles. The third-order valence-corrected chi connectivity index (χ3v) is 5.03. The van der Waals surface area contributed by atoms with Crippen molar-refractivity contribution in [2.75, 3.05) is 6.61 Å². The highest BCUT2D eigenvalue weighted by molar-refractivity contribution is 5.90. The van der Waals surface area contributed by atoms with Crippen molar-refractivity contribution in [3.63, 3.8) is 0 Å². The quantitative estimate of drug-likeness (QED) is 0.258. The van der Waals surface area contributed by atoms with E-state index in [1.165, 1.54) is 12.1 Å². The Kier molecular flexibility index (Phi) is 8.89. The molecule has 4 N–H and O–H groups in total. The summed E-state index contributed by atoms with van der Waals surface area (Å²) in [5.41, 5.74) is 4.23. The molecule has 0 fully saturated rings. The summed E-state index contributed by atoms with van der Waals surface area (Å²) in [6.07, 6.45) is -7.02. The van der Waals surface area contributed by atoms with Crippen LogP contribution in [0.5, 0.6) is 0 Å². The monoisotopic (exact) mass is 497 g/mol. The number of aliphatic hydroxyl groups excluding tert-OH is 1. The standard InChI is InChI=1S/C22H22F3N3O7/c1-2-35-17(29)11-16(12-5-9-15(10-6-12)28(33)34)18(20(26)31)27-21(32)19(30)13-3-7-14(8-4-13)22(23,24)25/h3-10,16,18-19,30H,2,11H2,1H3,(H2,26,31)(H,27,32)/t16-,18+,19+/m0/s1. The lowest BCUT2D eigenvalue weighted by Crippen LogP contribution is -2.50. The zero-order valence-corrected chi connectivity index (χ0v) is 18.3. The SMILES string of the molecule is CCOC(=O)C[C@@H](c1ccc([N+](=O)[O-])cc1)[C@@H](NC(=O)[C@H](O)c1ccc(C(F)(F)F)cc1)C(N)=O. The Morgan fingerprint density at radius 2 is 1.63 bits per heavy atom. The fourth-order valence-electron chi connectivity index (χ4n) is 3.28. The highest BCUT2D eigenvalue weighted by Crippen LogP contribution is 2.30. The molecule has 35 heavy (non-hydrogen) atoms. The number of aliphatic hydroxyl groups is 1. The molecule has 0 saturated carbocycles. The summed E-state index contributed by atoms with van der Waals surface area (Å²) in [7, 11) is 0. The third-order valence-electron chi connectivity index (χ3n) is 5.03. The predicted molar refractivity (Wildman–Crippen MR) is 115 cm³/mol. The molecule has 0 spiro atoms. The van der Waals surface area contributed by atoms with Crippen LogP contribution < -0.4 is 11.1 Å². The van der Waals surface area contributed by atoms with Gasteiger partial charge in [-0.1, -0.05) is 24.3 Å². The molecular formula is C22H22F3N3O7. The summed E-state index contributed by atoms with van der Waals surface area (Å²) in [5.74, 6) is -4.13. The Bertz CT molecular complexity index is 1070. The summed E-state index contributed by atoms with van der Waals surface area (Å²) < 4.78 is 43.1. The number of benzene rings is 2. The minimum absolute atomic E-state index is 0.0199. The molecule has 0 aliphatic rings. The number of carbonyl (C=O) groups excluding carboxylic acids is 3. The maximum absolute atomic E-state index is 12.8. The van der Waals surface area contributed by atoms with E-state index in [1.54, 1.807) is 6.92 Å². The van der Waals surface area contributed by atoms with Crippen molar-refractivity contribution < 1.29 is 42.3 Å². The molecule has 13 heteroatoms. The van der Waals surface area contributed by atoms with Crippen molar-refractivity contribution in [3.8, 4) is 0 Å². The first kappa shape index (κ1) is 27.2. The van der Waals surface area contributed by atoms with Crippen molar-refractivity contribution in [1.29, 1.82) is 0 Å². The molecule has 0 aromatic heterocycles. The number of primary amides is 1. The van der Waals surface area contributed by atoms with Crippen LogP contribution in [0.15, 0.2) is 48.5 Å². The number of hydrogen-bond acceptors (Lipinski definition) is 7. The van der Waals surface area contributed by atoms with Gasteiger partial charge in [0.2, 0.25) is 5.91 Å². The number of halogens is 3. The summed E-state index contributed by atoms with van der Waals surface area (Å²) in [5, 5.41) is 23.5. The summed E-state index contributed by atoms with van der Waals surface area (Å²) in [6, 6.07) is 6.40. The van der Waals surface area contributed by atoms with E-state index in [0.717, 1.165) is 24.3 Å². The molecule has 0 aliphatic heterocycles. The number of nitrogens with zero attached hydrogens (tertiary/aromatic N) is 1. The molecule has 2 rings (SSSR count). The average molecular weight is 497 g/mol. The molecule has 0 radical (unpaired) electrons. The molecule has 0 unspecified atom stereocenters. The second-order valence-electron chi connectivity index (χ2n) is 7.38.